The lowest BCUT2D eigenvalue weighted by Gasteiger charge is -2.43. The molecule has 4 rings (SSSR count). The molecule has 2 saturated carbocycles. The van der Waals surface area contributed by atoms with Crippen molar-refractivity contribution in [2.75, 3.05) is 18.8 Å². The summed E-state index contributed by atoms with van der Waals surface area (Å²) in [7, 11) is -3.38. The highest BCUT2D eigenvalue weighted by molar-refractivity contribution is 7.92. The lowest BCUT2D eigenvalue weighted by molar-refractivity contribution is -0.144. The summed E-state index contributed by atoms with van der Waals surface area (Å²) in [4.78, 5) is 68.5. The van der Waals surface area contributed by atoms with Crippen LogP contribution in [0.5, 0.6) is 0 Å². The van der Waals surface area contributed by atoms with Crippen molar-refractivity contribution in [2.24, 2.45) is 17.3 Å². The Morgan fingerprint density at radius 3 is 2.26 bits per heavy atom. The van der Waals surface area contributed by atoms with Crippen molar-refractivity contribution in [2.45, 2.75) is 119 Å². The monoisotopic (exact) mass is 717 g/mol. The molecule has 0 spiro atoms. The number of nitrogens with one attached hydrogen (secondary N) is 4. The second kappa shape index (κ2) is 14.2. The Morgan fingerprint density at radius 1 is 1.04 bits per heavy atom. The summed E-state index contributed by atoms with van der Waals surface area (Å²) in [6, 6.07) is -4.02. The highest BCUT2D eigenvalue weighted by Crippen LogP contribution is 2.65. The molecule has 2 heterocycles. The van der Waals surface area contributed by atoms with E-state index in [1.165, 1.54) is 11.0 Å². The summed E-state index contributed by atoms with van der Waals surface area (Å²) in [6.45, 7) is 10.8. The van der Waals surface area contributed by atoms with Gasteiger partial charge in [0.15, 0.2) is 9.84 Å². The molecule has 0 aromatic rings. The predicted octanol–water partition coefficient (Wildman–Crippen LogP) is 2.77. The van der Waals surface area contributed by atoms with Crippen molar-refractivity contribution < 1.29 is 32.4 Å². The quantitative estimate of drug-likeness (QED) is 0.137. The van der Waals surface area contributed by atoms with Crippen LogP contribution in [0.4, 0.5) is 4.79 Å². The van der Waals surface area contributed by atoms with Crippen LogP contribution in [0.1, 0.15) is 85.5 Å². The maximum atomic E-state index is 14.3. The maximum absolute atomic E-state index is 14.3. The maximum Gasteiger partial charge on any atom is 0.315 e. The van der Waals surface area contributed by atoms with Gasteiger partial charge in [-0.25, -0.2) is 13.2 Å². The number of carbonyl (C=O) groups excluding carboxylic acids is 5. The molecule has 264 valence electrons. The smallest absolute Gasteiger partial charge is 0.315 e. The summed E-state index contributed by atoms with van der Waals surface area (Å²) in [5.41, 5.74) is -1.74. The fourth-order valence-electron chi connectivity index (χ4n) is 7.69. The number of Topliss-reactive ketones (excluding diaryl/α,β-unsaturated/α-hetero) is 1. The van der Waals surface area contributed by atoms with Crippen molar-refractivity contribution in [1.29, 1.82) is 0 Å². The Hall–Kier alpha value is -2.38. The lowest BCUT2D eigenvalue weighted by atomic mass is 9.78. The molecule has 0 unspecified atom stereocenters. The first-order chi connectivity index (χ1) is 21.9. The number of sulfone groups is 1. The van der Waals surface area contributed by atoms with Crippen LogP contribution in [0.25, 0.3) is 0 Å². The third kappa shape index (κ3) is 7.77. The zero-order chi connectivity index (χ0) is 34.9. The molecule has 2 saturated heterocycles. The van der Waals surface area contributed by atoms with Crippen LogP contribution in [0.2, 0.25) is 0 Å². The minimum atomic E-state index is -3.38. The number of nitrogens with zero attached hydrogens (tertiary/aromatic N) is 1. The molecule has 6 atom stereocenters. The molecule has 0 aromatic carbocycles. The van der Waals surface area contributed by atoms with Gasteiger partial charge in [0, 0.05) is 24.9 Å². The van der Waals surface area contributed by atoms with Crippen LogP contribution in [0.3, 0.4) is 0 Å². The number of hydrogen-bond donors (Lipinski definition) is 4. The molecule has 4 aliphatic rings. The largest absolute Gasteiger partial charge is 0.346 e. The first-order valence-electron chi connectivity index (χ1n) is 16.6. The van der Waals surface area contributed by atoms with Crippen molar-refractivity contribution in [1.82, 2.24) is 26.2 Å². The van der Waals surface area contributed by atoms with Gasteiger partial charge in [0.2, 0.25) is 17.6 Å². The van der Waals surface area contributed by atoms with Gasteiger partial charge in [-0.1, -0.05) is 59.5 Å². The molecule has 0 aromatic heterocycles. The minimum absolute atomic E-state index is 0.0565. The van der Waals surface area contributed by atoms with E-state index in [1.54, 1.807) is 20.8 Å². The minimum Gasteiger partial charge on any atom is -0.346 e. The average molecular weight is 719 g/mol. The second-order valence-corrected chi connectivity index (χ2v) is 18.3. The number of carbonyl (C=O) groups is 5. The Kier molecular flexibility index (Phi) is 11.3. The highest BCUT2D eigenvalue weighted by atomic mass is 35.5. The summed E-state index contributed by atoms with van der Waals surface area (Å²) in [5.74, 6) is -3.80. The van der Waals surface area contributed by atoms with E-state index >= 15 is 0 Å². The molecule has 4 fully saturated rings. The van der Waals surface area contributed by atoms with Crippen LogP contribution in [-0.4, -0.2) is 94.9 Å². The van der Waals surface area contributed by atoms with Gasteiger partial charge in [-0.05, 0) is 37.5 Å². The lowest BCUT2D eigenvalue weighted by Crippen LogP contribution is -2.65. The molecule has 47 heavy (non-hydrogen) atoms. The van der Waals surface area contributed by atoms with Gasteiger partial charge in [0.1, 0.15) is 16.4 Å². The number of likely N-dealkylation sites (tertiary alicyclic amines) is 1. The molecule has 12 nitrogen and oxygen atoms in total. The fourth-order valence-corrected chi connectivity index (χ4v) is 10.9. The van der Waals surface area contributed by atoms with E-state index in [4.69, 9.17) is 23.2 Å². The van der Waals surface area contributed by atoms with Crippen molar-refractivity contribution in [3.05, 3.63) is 12.7 Å². The third-order valence-electron chi connectivity index (χ3n) is 10.2. The average Bonchev–Trinajstić information content (AvgIpc) is 3.30. The Bertz CT molecular complexity index is 1380. The summed E-state index contributed by atoms with van der Waals surface area (Å²) in [6.07, 6.45) is 6.75. The van der Waals surface area contributed by atoms with Crippen molar-refractivity contribution in [3.63, 3.8) is 0 Å². The van der Waals surface area contributed by atoms with E-state index in [2.05, 4.69) is 27.8 Å². The summed E-state index contributed by atoms with van der Waals surface area (Å²) < 4.78 is 24.7. The van der Waals surface area contributed by atoms with Gasteiger partial charge in [-0.2, -0.15) is 0 Å². The molecular formula is C32H49Cl2N5O7S. The Morgan fingerprint density at radius 2 is 1.70 bits per heavy atom. The number of fused-ring (bicyclic) bond motifs is 1. The van der Waals surface area contributed by atoms with Crippen molar-refractivity contribution >= 4 is 62.6 Å². The number of alkyl halides is 2. The van der Waals surface area contributed by atoms with Crippen LogP contribution in [0.15, 0.2) is 12.7 Å². The van der Waals surface area contributed by atoms with Crippen molar-refractivity contribution in [3.8, 4) is 0 Å². The van der Waals surface area contributed by atoms with E-state index in [0.717, 1.165) is 19.3 Å². The van der Waals surface area contributed by atoms with Crippen LogP contribution in [-0.2, 0) is 29.0 Å². The van der Waals surface area contributed by atoms with Gasteiger partial charge in [-0.15, -0.1) is 29.8 Å². The topological polar surface area (TPSA) is 171 Å². The van der Waals surface area contributed by atoms with Gasteiger partial charge >= 0.3 is 6.03 Å². The Labute approximate surface area is 287 Å². The number of rotatable bonds is 12. The predicted molar refractivity (Wildman–Crippen MR) is 180 cm³/mol. The van der Waals surface area contributed by atoms with E-state index in [0.29, 0.717) is 32.1 Å². The molecule has 15 heteroatoms. The molecule has 5 amide bonds. The second-order valence-electron chi connectivity index (χ2n) is 14.6. The van der Waals surface area contributed by atoms with E-state index in [1.807, 2.05) is 6.92 Å². The van der Waals surface area contributed by atoms with Gasteiger partial charge < -0.3 is 26.2 Å². The van der Waals surface area contributed by atoms with E-state index in [-0.39, 0.29) is 25.3 Å². The molecule has 0 radical (unpaired) electrons. The standard InChI is InChI=1S/C32H49Cl2N5O7S/c1-6-12-20(24(40)27(42)35-16-7-2)36-26(41)23-22-19(32(22,33)34)18-39(23)28(43)25(30(3,4)5)37-29(44)38-31(14-9-8-10-15-31)21-13-11-17-47(21,45)46/h7,19-23,25H,2,6,8-18H2,1,3-5H3,(H,35,42)(H,36,41)(H2,37,38,44)/t19-,20-,21-,22-,23-,25+/m0/s1. The third-order valence-corrected chi connectivity index (χ3v) is 13.6. The first-order valence-corrected chi connectivity index (χ1v) is 19.1. The zero-order valence-corrected chi connectivity index (χ0v) is 30.0. The van der Waals surface area contributed by atoms with Crippen LogP contribution < -0.4 is 21.3 Å². The molecule has 0 bridgehead atoms. The van der Waals surface area contributed by atoms with Crippen LogP contribution in [0, 0.1) is 17.3 Å². The van der Waals surface area contributed by atoms with Gasteiger partial charge in [0.25, 0.3) is 5.91 Å². The summed E-state index contributed by atoms with van der Waals surface area (Å²) in [5, 5.41) is 10.3. The number of hydrogen-bond acceptors (Lipinski definition) is 7. The van der Waals surface area contributed by atoms with Crippen LogP contribution >= 0.6 is 23.2 Å². The van der Waals surface area contributed by atoms with Gasteiger partial charge in [0.05, 0.1) is 22.6 Å². The highest BCUT2D eigenvalue weighted by Gasteiger charge is 2.74. The zero-order valence-electron chi connectivity index (χ0n) is 27.7. The number of urea groups is 1. The summed E-state index contributed by atoms with van der Waals surface area (Å²) >= 11 is 13.1. The first kappa shape index (κ1) is 37.4. The van der Waals surface area contributed by atoms with E-state index in [9.17, 15) is 32.4 Å². The SMILES string of the molecule is C=CCNC(=O)C(=O)[C@H](CCC)NC(=O)[C@@H]1[C@@H]2[C@H](CN1C(=O)[C@@H](NC(=O)NC1([C@@H]3CCCS3(=O)=O)CCCCC1)C(C)(C)C)C2(Cl)Cl. The molecule has 2 aliphatic carbocycles. The number of piperidine rings is 1. The number of halogens is 2. The Balaban J connectivity index is 1.55. The number of amides is 5. The number of ketones is 1. The fraction of sp³-hybridized carbons (Fsp3) is 0.781. The molecule has 4 N–H and O–H groups in total. The van der Waals surface area contributed by atoms with Gasteiger partial charge in [-0.3, -0.25) is 19.2 Å². The molecular weight excluding hydrogens is 669 g/mol. The molecule has 2 aliphatic heterocycles. The normalized spacial score (nSPS) is 28.3. The van der Waals surface area contributed by atoms with E-state index < -0.39 is 89.9 Å².